The maximum Gasteiger partial charge on any atom is 0.252 e. The fraction of sp³-hybridized carbons (Fsp3) is 0.375. The molecule has 1 saturated heterocycles. The lowest BCUT2D eigenvalue weighted by Crippen LogP contribution is -2.42. The molecule has 5 heteroatoms. The van der Waals surface area contributed by atoms with Gasteiger partial charge in [-0.3, -0.25) is 9.59 Å². The highest BCUT2D eigenvalue weighted by Gasteiger charge is 2.17. The molecule has 1 aromatic heterocycles. The Balaban J connectivity index is 1.64. The molecule has 2 aromatic rings. The van der Waals surface area contributed by atoms with Gasteiger partial charge in [-0.25, -0.2) is 0 Å². The fourth-order valence-corrected chi connectivity index (χ4v) is 2.79. The first-order valence-electron chi connectivity index (χ1n) is 7.38. The summed E-state index contributed by atoms with van der Waals surface area (Å²) in [5.74, 6) is -0.199. The topological polar surface area (TPSA) is 65.2 Å². The standard InChI is InChI=1S/C16H19N3O2/c20-15(19-9-2-1-3-10-19)11-18-16(21)13-5-4-6-14-12(13)7-8-17-14/h4-8,17H,1-3,9-11H2,(H,18,21). The van der Waals surface area contributed by atoms with E-state index in [1.165, 1.54) is 6.42 Å². The summed E-state index contributed by atoms with van der Waals surface area (Å²) in [6, 6.07) is 7.40. The van der Waals surface area contributed by atoms with Crippen molar-refractivity contribution in [2.24, 2.45) is 0 Å². The van der Waals surface area contributed by atoms with Gasteiger partial charge in [0, 0.05) is 35.8 Å². The first-order chi connectivity index (χ1) is 10.3. The lowest BCUT2D eigenvalue weighted by Gasteiger charge is -2.26. The van der Waals surface area contributed by atoms with E-state index in [0.717, 1.165) is 36.8 Å². The summed E-state index contributed by atoms with van der Waals surface area (Å²) in [5, 5.41) is 3.61. The molecule has 3 rings (SSSR count). The van der Waals surface area contributed by atoms with Gasteiger partial charge in [-0.2, -0.15) is 0 Å². The highest BCUT2D eigenvalue weighted by molar-refractivity contribution is 6.07. The van der Waals surface area contributed by atoms with Gasteiger partial charge < -0.3 is 15.2 Å². The number of nitrogens with one attached hydrogen (secondary N) is 2. The summed E-state index contributed by atoms with van der Waals surface area (Å²) in [4.78, 5) is 29.2. The second kappa shape index (κ2) is 5.99. The van der Waals surface area contributed by atoms with E-state index in [1.54, 1.807) is 12.3 Å². The van der Waals surface area contributed by atoms with Crippen molar-refractivity contribution in [1.82, 2.24) is 15.2 Å². The summed E-state index contributed by atoms with van der Waals surface area (Å²) in [6.45, 7) is 1.68. The Hall–Kier alpha value is -2.30. The fourth-order valence-electron chi connectivity index (χ4n) is 2.79. The Bertz CT molecular complexity index is 656. The van der Waals surface area contributed by atoms with Gasteiger partial charge in [0.25, 0.3) is 5.91 Å². The first-order valence-corrected chi connectivity index (χ1v) is 7.38. The quantitative estimate of drug-likeness (QED) is 0.904. The van der Waals surface area contributed by atoms with Crippen LogP contribution in [-0.2, 0) is 4.79 Å². The predicted octanol–water partition coefficient (Wildman–Crippen LogP) is 1.91. The van der Waals surface area contributed by atoms with E-state index in [1.807, 2.05) is 23.1 Å². The van der Waals surface area contributed by atoms with E-state index in [2.05, 4.69) is 10.3 Å². The van der Waals surface area contributed by atoms with Gasteiger partial charge in [0.15, 0.2) is 0 Å². The van der Waals surface area contributed by atoms with Crippen molar-refractivity contribution in [2.45, 2.75) is 19.3 Å². The molecule has 1 aliphatic heterocycles. The number of benzene rings is 1. The summed E-state index contributed by atoms with van der Waals surface area (Å²) in [7, 11) is 0. The van der Waals surface area contributed by atoms with Gasteiger partial charge in [-0.05, 0) is 37.5 Å². The molecule has 0 spiro atoms. The molecule has 110 valence electrons. The largest absolute Gasteiger partial charge is 0.361 e. The van der Waals surface area contributed by atoms with Crippen LogP contribution in [0.3, 0.4) is 0 Å². The van der Waals surface area contributed by atoms with Gasteiger partial charge in [-0.1, -0.05) is 6.07 Å². The molecule has 0 unspecified atom stereocenters. The minimum Gasteiger partial charge on any atom is -0.361 e. The van der Waals surface area contributed by atoms with Crippen LogP contribution in [0.5, 0.6) is 0 Å². The Morgan fingerprint density at radius 3 is 2.76 bits per heavy atom. The Morgan fingerprint density at radius 1 is 1.14 bits per heavy atom. The number of hydrogen-bond acceptors (Lipinski definition) is 2. The highest BCUT2D eigenvalue weighted by Crippen LogP contribution is 2.17. The zero-order valence-corrected chi connectivity index (χ0v) is 11.9. The summed E-state index contributed by atoms with van der Waals surface area (Å²) < 4.78 is 0. The van der Waals surface area contributed by atoms with Crippen LogP contribution in [0.15, 0.2) is 30.5 Å². The summed E-state index contributed by atoms with van der Waals surface area (Å²) in [5.41, 5.74) is 1.52. The van der Waals surface area contributed by atoms with Crippen LogP contribution < -0.4 is 5.32 Å². The molecule has 0 saturated carbocycles. The number of carbonyl (C=O) groups excluding carboxylic acids is 2. The van der Waals surface area contributed by atoms with Crippen LogP contribution in [-0.4, -0.2) is 41.3 Å². The van der Waals surface area contributed by atoms with Gasteiger partial charge in [0.1, 0.15) is 0 Å². The minimum atomic E-state index is -0.203. The monoisotopic (exact) mass is 285 g/mol. The Morgan fingerprint density at radius 2 is 1.95 bits per heavy atom. The van der Waals surface area contributed by atoms with E-state index in [9.17, 15) is 9.59 Å². The third kappa shape index (κ3) is 2.91. The maximum atomic E-state index is 12.2. The molecule has 5 nitrogen and oxygen atoms in total. The third-order valence-corrected chi connectivity index (χ3v) is 3.95. The molecule has 0 bridgehead atoms. The molecule has 2 heterocycles. The van der Waals surface area contributed by atoms with Crippen molar-refractivity contribution in [1.29, 1.82) is 0 Å². The van der Waals surface area contributed by atoms with E-state index in [-0.39, 0.29) is 18.4 Å². The average molecular weight is 285 g/mol. The number of amides is 2. The van der Waals surface area contributed by atoms with E-state index >= 15 is 0 Å². The second-order valence-electron chi connectivity index (χ2n) is 5.37. The second-order valence-corrected chi connectivity index (χ2v) is 5.37. The third-order valence-electron chi connectivity index (χ3n) is 3.95. The number of rotatable bonds is 3. The average Bonchev–Trinajstić information content (AvgIpc) is 3.01. The van der Waals surface area contributed by atoms with Crippen LogP contribution in [0, 0.1) is 0 Å². The van der Waals surface area contributed by atoms with E-state index < -0.39 is 0 Å². The SMILES string of the molecule is O=C(NCC(=O)N1CCCCC1)c1cccc2[nH]ccc12. The molecule has 0 radical (unpaired) electrons. The Labute approximate surface area is 123 Å². The zero-order chi connectivity index (χ0) is 14.7. The highest BCUT2D eigenvalue weighted by atomic mass is 16.2. The van der Waals surface area contributed by atoms with E-state index in [0.29, 0.717) is 5.56 Å². The minimum absolute atomic E-state index is 0.00398. The number of fused-ring (bicyclic) bond motifs is 1. The Kier molecular flexibility index (Phi) is 3.90. The van der Waals surface area contributed by atoms with E-state index in [4.69, 9.17) is 0 Å². The molecule has 2 N–H and O–H groups in total. The van der Waals surface area contributed by atoms with Crippen molar-refractivity contribution in [3.63, 3.8) is 0 Å². The zero-order valence-electron chi connectivity index (χ0n) is 11.9. The van der Waals surface area contributed by atoms with Gasteiger partial charge in [0.05, 0.1) is 6.54 Å². The number of hydrogen-bond donors (Lipinski definition) is 2. The summed E-state index contributed by atoms with van der Waals surface area (Å²) in [6.07, 6.45) is 5.11. The molecular formula is C16H19N3O2. The van der Waals surface area contributed by atoms with Crippen LogP contribution in [0.4, 0.5) is 0 Å². The maximum absolute atomic E-state index is 12.2. The lowest BCUT2D eigenvalue weighted by molar-refractivity contribution is -0.130. The number of piperidine rings is 1. The van der Waals surface area contributed by atoms with Crippen LogP contribution in [0.25, 0.3) is 10.9 Å². The van der Waals surface area contributed by atoms with Crippen molar-refractivity contribution in [2.75, 3.05) is 19.6 Å². The van der Waals surface area contributed by atoms with Crippen molar-refractivity contribution < 1.29 is 9.59 Å². The van der Waals surface area contributed by atoms with Gasteiger partial charge >= 0.3 is 0 Å². The molecule has 21 heavy (non-hydrogen) atoms. The normalized spacial score (nSPS) is 15.1. The van der Waals surface area contributed by atoms with Crippen LogP contribution in [0.2, 0.25) is 0 Å². The number of likely N-dealkylation sites (tertiary alicyclic amines) is 1. The van der Waals surface area contributed by atoms with Crippen molar-refractivity contribution in [3.8, 4) is 0 Å². The van der Waals surface area contributed by atoms with Crippen molar-refractivity contribution in [3.05, 3.63) is 36.0 Å². The van der Waals surface area contributed by atoms with Crippen molar-refractivity contribution >= 4 is 22.7 Å². The number of aromatic amines is 1. The molecule has 1 aliphatic rings. The lowest BCUT2D eigenvalue weighted by atomic mass is 10.1. The number of nitrogens with zero attached hydrogens (tertiary/aromatic N) is 1. The van der Waals surface area contributed by atoms with Gasteiger partial charge in [-0.15, -0.1) is 0 Å². The van der Waals surface area contributed by atoms with Gasteiger partial charge in [0.2, 0.25) is 5.91 Å². The first kappa shape index (κ1) is 13.7. The molecule has 1 aromatic carbocycles. The molecule has 2 amide bonds. The smallest absolute Gasteiger partial charge is 0.252 e. The molecular weight excluding hydrogens is 266 g/mol. The number of carbonyl (C=O) groups is 2. The van der Waals surface area contributed by atoms with Crippen LogP contribution in [0.1, 0.15) is 29.6 Å². The summed E-state index contributed by atoms with van der Waals surface area (Å²) >= 11 is 0. The number of aromatic nitrogens is 1. The molecule has 0 atom stereocenters. The predicted molar refractivity (Wildman–Crippen MR) is 81.1 cm³/mol. The van der Waals surface area contributed by atoms with Crippen LogP contribution >= 0.6 is 0 Å². The molecule has 0 aliphatic carbocycles. The number of H-pyrrole nitrogens is 1. The molecule has 1 fully saturated rings.